The van der Waals surface area contributed by atoms with Crippen LogP contribution < -0.4 is 0 Å². The number of hydrogen-bond donors (Lipinski definition) is 0. The molecule has 0 fully saturated rings. The van der Waals surface area contributed by atoms with Crippen LogP contribution in [-0.2, 0) is 19.5 Å². The van der Waals surface area contributed by atoms with Gasteiger partial charge in [0.25, 0.3) is 0 Å². The van der Waals surface area contributed by atoms with Crippen molar-refractivity contribution in [1.82, 2.24) is 0 Å². The maximum absolute atomic E-state index is 2.72. The van der Waals surface area contributed by atoms with Crippen molar-refractivity contribution in [3.8, 4) is 0 Å². The van der Waals surface area contributed by atoms with E-state index in [4.69, 9.17) is 0 Å². The first kappa shape index (κ1) is 15.9. The third kappa shape index (κ3) is 8.83. The summed E-state index contributed by atoms with van der Waals surface area (Å²) in [6, 6.07) is 0. The monoisotopic (exact) mass is 288 g/mol. The summed E-state index contributed by atoms with van der Waals surface area (Å²) in [5.41, 5.74) is 0. The molecule has 0 heterocycles. The molecular weight excluding hydrogens is 287 g/mol. The maximum Gasteiger partial charge on any atom is 0 e. The topological polar surface area (TPSA) is 0 Å². The minimum Gasteiger partial charge on any atom is 0 e. The van der Waals surface area contributed by atoms with Crippen molar-refractivity contribution in [3.05, 3.63) is 0 Å². The van der Waals surface area contributed by atoms with E-state index >= 15 is 0 Å². The molecule has 0 aromatic heterocycles. The molecule has 0 aliphatic rings. The van der Waals surface area contributed by atoms with Crippen LogP contribution in [-0.4, -0.2) is 55.0 Å². The first-order valence-electron chi connectivity index (χ1n) is 0.204. The van der Waals surface area contributed by atoms with Crippen molar-refractivity contribution >= 4 is 55.0 Å². The smallest absolute Gasteiger partial charge is 0 e. The summed E-state index contributed by atoms with van der Waals surface area (Å²) in [6.45, 7) is 0. The Morgan fingerprint density at radius 1 is 1.25 bits per heavy atom. The van der Waals surface area contributed by atoms with Gasteiger partial charge in [-0.15, -0.1) is 0 Å². The molecule has 4 radical (unpaired) electrons. The second-order valence-electron chi connectivity index (χ2n) is 0. The second kappa shape index (κ2) is 17.3. The van der Waals surface area contributed by atoms with Gasteiger partial charge in [0.05, 0.1) is 0 Å². The fraction of sp³-hybridized carbons (Fsp3) is 0. The Kier molecular flexibility index (Phi) is 68.6. The minimum absolute atomic E-state index is 0. The van der Waals surface area contributed by atoms with Crippen LogP contribution in [0.2, 0.25) is 0 Å². The van der Waals surface area contributed by atoms with E-state index in [1.807, 2.05) is 0 Å². The van der Waals surface area contributed by atoms with Crippen molar-refractivity contribution in [1.29, 1.82) is 0 Å². The number of hydrogen-bond acceptors (Lipinski definition) is 0. The van der Waals surface area contributed by atoms with Crippen LogP contribution in [0.1, 0.15) is 0 Å². The van der Waals surface area contributed by atoms with Crippen LogP contribution in [0.5, 0.6) is 0 Å². The van der Waals surface area contributed by atoms with Gasteiger partial charge in [-0.2, -0.15) is 0 Å². The summed E-state index contributed by atoms with van der Waals surface area (Å²) >= 11 is 4.14. The van der Waals surface area contributed by atoms with Crippen LogP contribution in [0, 0.1) is 0 Å². The molecular formula is MgSeSnZn. The molecule has 4 heteroatoms. The Labute approximate surface area is 73.1 Å². The van der Waals surface area contributed by atoms with Crippen molar-refractivity contribution in [2.45, 2.75) is 0 Å². The third-order valence-corrected chi connectivity index (χ3v) is 0. The van der Waals surface area contributed by atoms with Gasteiger partial charge in [-0.3, -0.25) is 0 Å². The molecule has 4 heavy (non-hydrogen) atoms. The quantitative estimate of drug-likeness (QED) is 0.494. The average molecular weight is 287 g/mol. The second-order valence-corrected chi connectivity index (χ2v) is 0. The van der Waals surface area contributed by atoms with E-state index in [-0.39, 0.29) is 42.5 Å². The normalized spacial score (nSPS) is 1.00. The van der Waals surface area contributed by atoms with E-state index in [0.29, 0.717) is 0 Å². The minimum atomic E-state index is 0. The van der Waals surface area contributed by atoms with Crippen molar-refractivity contribution in [3.63, 3.8) is 0 Å². The first-order valence-corrected chi connectivity index (χ1v) is 7.12. The van der Waals surface area contributed by atoms with Gasteiger partial charge in [-0.1, -0.05) is 0 Å². The van der Waals surface area contributed by atoms with E-state index in [1.54, 1.807) is 0 Å². The summed E-state index contributed by atoms with van der Waals surface area (Å²) in [5.74, 6) is 0. The maximum atomic E-state index is 2.72. The van der Waals surface area contributed by atoms with Crippen molar-refractivity contribution < 1.29 is 19.5 Å². The fourth-order valence-corrected chi connectivity index (χ4v) is 0. The molecule has 0 aromatic carbocycles. The van der Waals surface area contributed by atoms with E-state index < -0.39 is 0 Å². The first-order chi connectivity index (χ1) is 1.00. The Morgan fingerprint density at radius 2 is 1.25 bits per heavy atom. The van der Waals surface area contributed by atoms with Crippen molar-refractivity contribution in [2.75, 3.05) is 0 Å². The van der Waals surface area contributed by atoms with Gasteiger partial charge in [0.1, 0.15) is 0 Å². The molecule has 0 bridgehead atoms. The van der Waals surface area contributed by atoms with Crippen LogP contribution in [0.4, 0.5) is 0 Å². The SMILES string of the molecule is [Mg].[Se]=[Sn].[Zn]. The molecule has 0 amide bonds. The summed E-state index contributed by atoms with van der Waals surface area (Å²) in [6.07, 6.45) is 0. The summed E-state index contributed by atoms with van der Waals surface area (Å²) in [5, 5.41) is 0. The molecule has 0 rings (SSSR count). The Balaban J connectivity index is -0.00000000500. The van der Waals surface area contributed by atoms with Crippen molar-refractivity contribution in [2.24, 2.45) is 0 Å². The van der Waals surface area contributed by atoms with Crippen LogP contribution >= 0.6 is 0 Å². The number of rotatable bonds is 0. The predicted molar refractivity (Wildman–Crippen MR) is 17.3 cm³/mol. The average Bonchev–Trinajstić information content (AvgIpc) is 1.00. The zero-order valence-corrected chi connectivity index (χ0v) is 11.3. The zero-order valence-electron chi connectivity index (χ0n) is 2.32. The molecule has 0 N–H and O–H groups in total. The molecule has 0 saturated carbocycles. The third-order valence-electron chi connectivity index (χ3n) is 0. The van der Waals surface area contributed by atoms with Crippen LogP contribution in [0.3, 0.4) is 0 Å². The fourth-order valence-electron chi connectivity index (χ4n) is 0. The summed E-state index contributed by atoms with van der Waals surface area (Å²) < 4.78 is 0. The van der Waals surface area contributed by atoms with E-state index in [1.165, 1.54) is 19.7 Å². The van der Waals surface area contributed by atoms with E-state index in [2.05, 4.69) is 12.2 Å². The van der Waals surface area contributed by atoms with Gasteiger partial charge in [0.2, 0.25) is 0 Å². The van der Waals surface area contributed by atoms with Gasteiger partial charge in [-0.25, -0.2) is 0 Å². The molecule has 14 valence electrons. The molecule has 0 saturated heterocycles. The van der Waals surface area contributed by atoms with Gasteiger partial charge in [0.15, 0.2) is 0 Å². The molecule has 0 nitrogen and oxygen atoms in total. The zero-order chi connectivity index (χ0) is 2.00. The molecule has 0 atom stereocenters. The Morgan fingerprint density at radius 3 is 1.25 bits per heavy atom. The van der Waals surface area contributed by atoms with Gasteiger partial charge >= 0.3 is 31.9 Å². The molecule has 0 spiro atoms. The molecule has 0 aromatic rings. The van der Waals surface area contributed by atoms with Crippen LogP contribution in [0.25, 0.3) is 0 Å². The van der Waals surface area contributed by atoms with Gasteiger partial charge < -0.3 is 0 Å². The van der Waals surface area contributed by atoms with E-state index in [0.717, 1.165) is 0 Å². The molecule has 0 aliphatic carbocycles. The standard InChI is InChI=1S/Mg.Se.Sn.Zn. The molecule has 0 aliphatic heterocycles. The van der Waals surface area contributed by atoms with E-state index in [9.17, 15) is 0 Å². The Hall–Kier alpha value is 2.71. The largest absolute Gasteiger partial charge is 0 e. The molecule has 0 unspecified atom stereocenters. The van der Waals surface area contributed by atoms with Gasteiger partial charge in [-0.05, 0) is 0 Å². The summed E-state index contributed by atoms with van der Waals surface area (Å²) in [4.78, 5) is 0. The summed E-state index contributed by atoms with van der Waals surface area (Å²) in [7, 11) is 0. The Bertz CT molecular complexity index is 8.00. The van der Waals surface area contributed by atoms with Gasteiger partial charge in [0, 0.05) is 42.5 Å². The van der Waals surface area contributed by atoms with Crippen LogP contribution in [0.15, 0.2) is 0 Å². The predicted octanol–water partition coefficient (Wildman–Crippen LogP) is -1.14.